The Morgan fingerprint density at radius 2 is 2.00 bits per heavy atom. The molecule has 0 aliphatic heterocycles. The van der Waals surface area contributed by atoms with Crippen molar-refractivity contribution >= 4 is 16.7 Å². The van der Waals surface area contributed by atoms with E-state index in [1.165, 1.54) is 10.9 Å². The second-order valence-electron chi connectivity index (χ2n) is 5.03. The van der Waals surface area contributed by atoms with E-state index in [1.54, 1.807) is 13.1 Å². The van der Waals surface area contributed by atoms with Crippen molar-refractivity contribution in [2.24, 2.45) is 7.05 Å². The molecule has 9 nitrogen and oxygen atoms in total. The number of aryl methyl sites for hydroxylation is 1. The molecule has 3 rings (SSSR count). The van der Waals surface area contributed by atoms with Gasteiger partial charge >= 0.3 is 0 Å². The first-order valence-corrected chi connectivity index (χ1v) is 7.53. The van der Waals surface area contributed by atoms with Crippen LogP contribution in [0.15, 0.2) is 17.1 Å². The number of nitrogen functional groups attached to an aromatic ring is 1. The Balaban J connectivity index is 2.26. The van der Waals surface area contributed by atoms with Gasteiger partial charge in [0, 0.05) is 7.05 Å². The van der Waals surface area contributed by atoms with Crippen molar-refractivity contribution in [2.45, 2.75) is 13.8 Å². The molecule has 0 radical (unpaired) electrons. The number of H-pyrrole nitrogens is 1. The van der Waals surface area contributed by atoms with E-state index >= 15 is 0 Å². The van der Waals surface area contributed by atoms with Crippen LogP contribution in [0.5, 0.6) is 11.8 Å². The summed E-state index contributed by atoms with van der Waals surface area (Å²) in [6.45, 7) is 4.55. The molecule has 3 N–H and O–H groups in total. The fourth-order valence-corrected chi connectivity index (χ4v) is 2.37. The summed E-state index contributed by atoms with van der Waals surface area (Å²) in [5.74, 6) is 1.07. The minimum Gasteiger partial charge on any atom is -0.477 e. The van der Waals surface area contributed by atoms with Gasteiger partial charge in [-0.05, 0) is 19.9 Å². The molecule has 3 aromatic heterocycles. The maximum atomic E-state index is 12.4. The average Bonchev–Trinajstić information content (AvgIpc) is 2.87. The van der Waals surface area contributed by atoms with E-state index in [1.807, 2.05) is 13.8 Å². The summed E-state index contributed by atoms with van der Waals surface area (Å²) < 4.78 is 12.5. The van der Waals surface area contributed by atoms with Gasteiger partial charge in [0.25, 0.3) is 5.56 Å². The summed E-state index contributed by atoms with van der Waals surface area (Å²) in [4.78, 5) is 23.7. The van der Waals surface area contributed by atoms with Crippen LogP contribution < -0.4 is 20.8 Å². The smallest absolute Gasteiger partial charge is 0.279 e. The first-order chi connectivity index (χ1) is 11.5. The number of hydrogen-bond donors (Lipinski definition) is 2. The van der Waals surface area contributed by atoms with Gasteiger partial charge in [0.15, 0.2) is 11.0 Å². The Hall–Kier alpha value is -3.10. The number of nitrogens with two attached hydrogens (primary N) is 1. The van der Waals surface area contributed by atoms with Crippen LogP contribution in [0.1, 0.15) is 13.8 Å². The largest absolute Gasteiger partial charge is 0.477 e. The second kappa shape index (κ2) is 6.19. The Kier molecular flexibility index (Phi) is 4.07. The highest BCUT2D eigenvalue weighted by Gasteiger charge is 2.19. The molecule has 0 amide bonds. The summed E-state index contributed by atoms with van der Waals surface area (Å²) in [6.07, 6.45) is 1.49. The highest BCUT2D eigenvalue weighted by molar-refractivity contribution is 5.81. The quantitative estimate of drug-likeness (QED) is 0.718. The number of aromatic nitrogens is 5. The zero-order valence-corrected chi connectivity index (χ0v) is 13.7. The van der Waals surface area contributed by atoms with Gasteiger partial charge in [-0.25, -0.2) is 14.6 Å². The van der Waals surface area contributed by atoms with Crippen LogP contribution in [0.25, 0.3) is 22.4 Å². The first kappa shape index (κ1) is 15.8. The molecule has 0 unspecified atom stereocenters. The molecule has 3 heterocycles. The second-order valence-corrected chi connectivity index (χ2v) is 5.03. The number of aromatic amines is 1. The Labute approximate surface area is 137 Å². The van der Waals surface area contributed by atoms with Crippen molar-refractivity contribution < 1.29 is 9.47 Å². The third kappa shape index (κ3) is 2.64. The van der Waals surface area contributed by atoms with Gasteiger partial charge in [0.2, 0.25) is 11.8 Å². The van der Waals surface area contributed by atoms with E-state index in [2.05, 4.69) is 20.1 Å². The van der Waals surface area contributed by atoms with E-state index in [9.17, 15) is 4.79 Å². The predicted molar refractivity (Wildman–Crippen MR) is 89.1 cm³/mol. The number of pyridine rings is 1. The van der Waals surface area contributed by atoms with Crippen molar-refractivity contribution in [2.75, 3.05) is 18.9 Å². The molecule has 24 heavy (non-hydrogen) atoms. The molecule has 0 saturated carbocycles. The van der Waals surface area contributed by atoms with Gasteiger partial charge in [-0.15, -0.1) is 0 Å². The van der Waals surface area contributed by atoms with Gasteiger partial charge in [0.1, 0.15) is 5.82 Å². The Morgan fingerprint density at radius 3 is 2.71 bits per heavy atom. The fraction of sp³-hybridized carbons (Fsp3) is 0.333. The zero-order chi connectivity index (χ0) is 17.3. The van der Waals surface area contributed by atoms with Crippen molar-refractivity contribution in [3.05, 3.63) is 22.6 Å². The van der Waals surface area contributed by atoms with E-state index in [0.717, 1.165) is 0 Å². The number of hydrogen-bond acceptors (Lipinski definition) is 7. The molecule has 0 fully saturated rings. The topological polar surface area (TPSA) is 121 Å². The molecular formula is C15H18N6O3. The molecule has 3 aromatic rings. The van der Waals surface area contributed by atoms with E-state index in [-0.39, 0.29) is 11.1 Å². The minimum atomic E-state index is -0.374. The standard InChI is InChI=1S/C15H18N6O3/c1-4-23-14-9(6-8(16)7-17-14)12-18-11-10(13(22)19-12)20-21(3)15(11)24-5-2/h6-7H,4-5,16H2,1-3H3,(H,18,19,22). The molecule has 0 aromatic carbocycles. The summed E-state index contributed by atoms with van der Waals surface area (Å²) in [7, 11) is 1.69. The monoisotopic (exact) mass is 330 g/mol. The van der Waals surface area contributed by atoms with Crippen molar-refractivity contribution in [1.82, 2.24) is 24.7 Å². The normalized spacial score (nSPS) is 11.0. The molecule has 0 saturated heterocycles. The third-order valence-electron chi connectivity index (χ3n) is 3.33. The van der Waals surface area contributed by atoms with Crippen LogP contribution in [-0.4, -0.2) is 37.9 Å². The molecule has 0 aliphatic carbocycles. The van der Waals surface area contributed by atoms with Gasteiger partial charge in [0.05, 0.1) is 30.7 Å². The minimum absolute atomic E-state index is 0.208. The molecule has 0 spiro atoms. The molecular weight excluding hydrogens is 312 g/mol. The SMILES string of the molecule is CCOc1ncc(N)cc1-c1nc2c(OCC)n(C)nc2c(=O)[nH]1. The van der Waals surface area contributed by atoms with Crippen LogP contribution in [0.3, 0.4) is 0 Å². The highest BCUT2D eigenvalue weighted by Crippen LogP contribution is 2.29. The van der Waals surface area contributed by atoms with Crippen LogP contribution >= 0.6 is 0 Å². The highest BCUT2D eigenvalue weighted by atomic mass is 16.5. The molecule has 9 heteroatoms. The van der Waals surface area contributed by atoms with Gasteiger partial charge < -0.3 is 20.2 Å². The number of anilines is 1. The Bertz CT molecular complexity index is 946. The maximum absolute atomic E-state index is 12.4. The lowest BCUT2D eigenvalue weighted by Crippen LogP contribution is -2.11. The number of nitrogens with one attached hydrogen (secondary N) is 1. The lowest BCUT2D eigenvalue weighted by Gasteiger charge is -2.09. The van der Waals surface area contributed by atoms with E-state index in [4.69, 9.17) is 15.2 Å². The van der Waals surface area contributed by atoms with E-state index < -0.39 is 0 Å². The van der Waals surface area contributed by atoms with Crippen LogP contribution in [-0.2, 0) is 7.05 Å². The lowest BCUT2D eigenvalue weighted by molar-refractivity contribution is 0.312. The van der Waals surface area contributed by atoms with Crippen LogP contribution in [0.2, 0.25) is 0 Å². The fourth-order valence-electron chi connectivity index (χ4n) is 2.37. The summed E-state index contributed by atoms with van der Waals surface area (Å²) in [5.41, 5.74) is 6.97. The maximum Gasteiger partial charge on any atom is 0.279 e. The molecule has 0 atom stereocenters. The summed E-state index contributed by atoms with van der Waals surface area (Å²) in [6, 6.07) is 1.65. The van der Waals surface area contributed by atoms with Gasteiger partial charge in [-0.1, -0.05) is 0 Å². The molecule has 126 valence electrons. The van der Waals surface area contributed by atoms with Gasteiger partial charge in [-0.3, -0.25) is 4.79 Å². The zero-order valence-electron chi connectivity index (χ0n) is 13.7. The van der Waals surface area contributed by atoms with Gasteiger partial charge in [-0.2, -0.15) is 5.10 Å². The molecule has 0 bridgehead atoms. The number of fused-ring (bicyclic) bond motifs is 1. The summed E-state index contributed by atoms with van der Waals surface area (Å²) in [5, 5.41) is 4.16. The Morgan fingerprint density at radius 1 is 1.25 bits per heavy atom. The first-order valence-electron chi connectivity index (χ1n) is 7.53. The predicted octanol–water partition coefficient (Wildman–Crippen LogP) is 1.10. The van der Waals surface area contributed by atoms with Crippen molar-refractivity contribution in [1.29, 1.82) is 0 Å². The van der Waals surface area contributed by atoms with E-state index in [0.29, 0.717) is 47.6 Å². The number of rotatable bonds is 5. The average molecular weight is 330 g/mol. The third-order valence-corrected chi connectivity index (χ3v) is 3.33. The van der Waals surface area contributed by atoms with Crippen LogP contribution in [0.4, 0.5) is 5.69 Å². The van der Waals surface area contributed by atoms with Crippen molar-refractivity contribution in [3.63, 3.8) is 0 Å². The summed E-state index contributed by atoms with van der Waals surface area (Å²) >= 11 is 0. The lowest BCUT2D eigenvalue weighted by atomic mass is 10.2. The van der Waals surface area contributed by atoms with Crippen molar-refractivity contribution in [3.8, 4) is 23.1 Å². The van der Waals surface area contributed by atoms with Crippen LogP contribution in [0, 0.1) is 0 Å². The number of ether oxygens (including phenoxy) is 2. The number of nitrogens with zero attached hydrogens (tertiary/aromatic N) is 4. The molecule has 0 aliphatic rings.